The molecule has 10 nitrogen and oxygen atoms in total. The number of thioether (sulfide) groups is 1. The molecule has 0 aliphatic carbocycles. The van der Waals surface area contributed by atoms with Crippen LogP contribution in [0.25, 0.3) is 0 Å². The average Bonchev–Trinajstić information content (AvgIpc) is 2.97. The van der Waals surface area contributed by atoms with E-state index >= 15 is 0 Å². The highest BCUT2D eigenvalue weighted by Gasteiger charge is 2.43. The monoisotopic (exact) mass is 603 g/mol. The minimum absolute atomic E-state index is 0.0972. The van der Waals surface area contributed by atoms with Crippen molar-refractivity contribution >= 4 is 35.4 Å². The maximum atomic E-state index is 13.8. The fourth-order valence-corrected chi connectivity index (χ4v) is 6.03. The number of carbonyl (C=O) groups excluding carboxylic acids is 4. The highest BCUT2D eigenvalue weighted by molar-refractivity contribution is 7.98. The molecule has 0 saturated carbocycles. The third-order valence-corrected chi connectivity index (χ3v) is 8.98. The van der Waals surface area contributed by atoms with Gasteiger partial charge in [0.25, 0.3) is 0 Å². The Morgan fingerprint density at radius 2 is 1.74 bits per heavy atom. The summed E-state index contributed by atoms with van der Waals surface area (Å²) in [6, 6.07) is 6.74. The minimum Gasteiger partial charge on any atom is -0.381 e. The quantitative estimate of drug-likeness (QED) is 0.356. The first-order chi connectivity index (χ1) is 20.1. The Bertz CT molecular complexity index is 1060. The summed E-state index contributed by atoms with van der Waals surface area (Å²) >= 11 is 1.73. The van der Waals surface area contributed by atoms with Gasteiger partial charge in [-0.3, -0.25) is 19.2 Å². The smallest absolute Gasteiger partial charge is 0.246 e. The van der Waals surface area contributed by atoms with Crippen LogP contribution in [0.15, 0.2) is 24.3 Å². The molecule has 5 N–H and O–H groups in total. The Kier molecular flexibility index (Phi) is 13.6. The minimum atomic E-state index is -1.17. The second-order valence-corrected chi connectivity index (χ2v) is 13.0. The number of carbonyl (C=O) groups is 4. The van der Waals surface area contributed by atoms with Crippen molar-refractivity contribution in [2.24, 2.45) is 11.8 Å². The first-order valence-electron chi connectivity index (χ1n) is 15.3. The zero-order chi connectivity index (χ0) is 30.5. The molecule has 234 valence electrons. The van der Waals surface area contributed by atoms with Gasteiger partial charge in [0.05, 0.1) is 0 Å². The van der Waals surface area contributed by atoms with Gasteiger partial charge in [-0.1, -0.05) is 58.4 Å². The van der Waals surface area contributed by atoms with Gasteiger partial charge in [-0.2, -0.15) is 11.8 Å². The predicted molar refractivity (Wildman–Crippen MR) is 166 cm³/mol. The highest BCUT2D eigenvalue weighted by Crippen LogP contribution is 2.23. The Morgan fingerprint density at radius 3 is 2.45 bits per heavy atom. The molecule has 2 aliphatic rings. The zero-order valence-electron chi connectivity index (χ0n) is 25.6. The molecule has 0 radical (unpaired) electrons. The van der Waals surface area contributed by atoms with Gasteiger partial charge in [-0.05, 0) is 29.4 Å². The SMILES string of the molecule is CC[C@H](C)[C@@H]1NC(=O)C(CC(C)C)NC(=O)C2(CCOCC2)NC(=O)CCNCc2cccc(c2)CSCCNC1=O. The summed E-state index contributed by atoms with van der Waals surface area (Å²) in [7, 11) is 0. The fourth-order valence-electron chi connectivity index (χ4n) is 5.22. The van der Waals surface area contributed by atoms with Crippen molar-refractivity contribution in [3.8, 4) is 0 Å². The molecule has 42 heavy (non-hydrogen) atoms. The lowest BCUT2D eigenvalue weighted by Crippen LogP contribution is -2.64. The normalized spacial score (nSPS) is 24.4. The van der Waals surface area contributed by atoms with Gasteiger partial charge in [-0.25, -0.2) is 0 Å². The van der Waals surface area contributed by atoms with E-state index < -0.39 is 29.4 Å². The van der Waals surface area contributed by atoms with E-state index in [2.05, 4.69) is 44.8 Å². The topological polar surface area (TPSA) is 138 Å². The largest absolute Gasteiger partial charge is 0.381 e. The molecular weight excluding hydrogens is 554 g/mol. The number of fused-ring (bicyclic) bond motifs is 2. The second-order valence-electron chi connectivity index (χ2n) is 11.9. The summed E-state index contributed by atoms with van der Waals surface area (Å²) in [4.78, 5) is 53.7. The van der Waals surface area contributed by atoms with E-state index in [9.17, 15) is 19.2 Å². The van der Waals surface area contributed by atoms with Crippen LogP contribution in [0.3, 0.4) is 0 Å². The van der Waals surface area contributed by atoms with Crippen LogP contribution < -0.4 is 26.6 Å². The lowest BCUT2D eigenvalue weighted by molar-refractivity contribution is -0.140. The molecule has 3 atom stereocenters. The van der Waals surface area contributed by atoms with Crippen molar-refractivity contribution in [1.29, 1.82) is 0 Å². The maximum Gasteiger partial charge on any atom is 0.246 e. The van der Waals surface area contributed by atoms with Crippen molar-refractivity contribution in [2.45, 2.75) is 89.7 Å². The van der Waals surface area contributed by atoms with Crippen LogP contribution in [0.2, 0.25) is 0 Å². The summed E-state index contributed by atoms with van der Waals surface area (Å²) in [6.45, 7) is 10.1. The van der Waals surface area contributed by atoms with E-state index in [0.29, 0.717) is 58.5 Å². The van der Waals surface area contributed by atoms with Gasteiger partial charge < -0.3 is 31.3 Å². The van der Waals surface area contributed by atoms with Crippen molar-refractivity contribution in [3.63, 3.8) is 0 Å². The molecule has 1 aromatic carbocycles. The van der Waals surface area contributed by atoms with Gasteiger partial charge >= 0.3 is 0 Å². The summed E-state index contributed by atoms with van der Waals surface area (Å²) < 4.78 is 5.52. The van der Waals surface area contributed by atoms with Crippen LogP contribution in [-0.2, 0) is 36.2 Å². The molecule has 3 rings (SSSR count). The summed E-state index contributed by atoms with van der Waals surface area (Å²) in [5, 5.41) is 15.2. The third kappa shape index (κ3) is 10.3. The van der Waals surface area contributed by atoms with E-state index in [0.717, 1.165) is 17.1 Å². The Balaban J connectivity index is 1.84. The van der Waals surface area contributed by atoms with E-state index in [-0.39, 0.29) is 30.1 Å². The van der Waals surface area contributed by atoms with Crippen molar-refractivity contribution in [1.82, 2.24) is 26.6 Å². The van der Waals surface area contributed by atoms with E-state index in [1.54, 1.807) is 11.8 Å². The fraction of sp³-hybridized carbons (Fsp3) is 0.677. The number of ether oxygens (including phenoxy) is 1. The molecule has 1 unspecified atom stereocenters. The van der Waals surface area contributed by atoms with Gasteiger partial charge in [0.2, 0.25) is 23.6 Å². The molecule has 1 fully saturated rings. The van der Waals surface area contributed by atoms with Gasteiger partial charge in [0.1, 0.15) is 17.6 Å². The number of amides is 4. The van der Waals surface area contributed by atoms with E-state index in [1.807, 2.05) is 33.8 Å². The van der Waals surface area contributed by atoms with Crippen LogP contribution in [0.5, 0.6) is 0 Å². The van der Waals surface area contributed by atoms with Crippen molar-refractivity contribution in [2.75, 3.05) is 32.1 Å². The number of hydrogen-bond donors (Lipinski definition) is 5. The lowest BCUT2D eigenvalue weighted by Gasteiger charge is -2.38. The molecule has 4 amide bonds. The Morgan fingerprint density at radius 1 is 1.00 bits per heavy atom. The molecule has 1 aromatic rings. The number of benzene rings is 1. The first-order valence-corrected chi connectivity index (χ1v) is 16.4. The van der Waals surface area contributed by atoms with Crippen LogP contribution in [0.4, 0.5) is 0 Å². The standard InChI is InChI=1S/C31H49N5O5S/c1-5-22(4)27-29(39)33-13-16-42-20-24-8-6-7-23(18-24)19-32-12-9-26(37)36-31(10-14-41-15-11-31)30(40)34-25(17-21(2)3)28(38)35-27/h6-8,18,21-22,25,27,32H,5,9-17,19-20H2,1-4H3,(H,33,39)(H,34,40)(H,35,38)(H,36,37)/t22-,25?,27-/m0/s1. The van der Waals surface area contributed by atoms with Crippen molar-refractivity contribution in [3.05, 3.63) is 35.4 Å². The summed E-state index contributed by atoms with van der Waals surface area (Å²) in [5.41, 5.74) is 1.16. The molecule has 0 aromatic heterocycles. The number of hydrogen-bond acceptors (Lipinski definition) is 7. The van der Waals surface area contributed by atoms with Gasteiger partial charge in [-0.15, -0.1) is 0 Å². The highest BCUT2D eigenvalue weighted by atomic mass is 32.2. The van der Waals surface area contributed by atoms with Crippen LogP contribution in [-0.4, -0.2) is 73.3 Å². The Hall–Kier alpha value is -2.63. The van der Waals surface area contributed by atoms with Crippen LogP contribution >= 0.6 is 11.8 Å². The molecule has 1 saturated heterocycles. The first kappa shape index (κ1) is 33.9. The molecule has 1 spiro atoms. The zero-order valence-corrected chi connectivity index (χ0v) is 26.4. The second kappa shape index (κ2) is 16.9. The maximum absolute atomic E-state index is 13.8. The Labute approximate surface area is 254 Å². The number of nitrogens with one attached hydrogen (secondary N) is 5. The predicted octanol–water partition coefficient (Wildman–Crippen LogP) is 2.26. The van der Waals surface area contributed by atoms with E-state index in [1.165, 1.54) is 5.56 Å². The summed E-state index contributed by atoms with van der Waals surface area (Å²) in [6.07, 6.45) is 1.95. The molecule has 11 heteroatoms. The average molecular weight is 604 g/mol. The molecular formula is C31H49N5O5S. The van der Waals surface area contributed by atoms with Gasteiger partial charge in [0, 0.05) is 63.6 Å². The summed E-state index contributed by atoms with van der Waals surface area (Å²) in [5.74, 6) is 0.322. The lowest BCUT2D eigenvalue weighted by atomic mass is 9.87. The molecule has 2 aliphatic heterocycles. The molecule has 2 heterocycles. The molecule has 2 bridgehead atoms. The van der Waals surface area contributed by atoms with Gasteiger partial charge in [0.15, 0.2) is 0 Å². The van der Waals surface area contributed by atoms with Crippen molar-refractivity contribution < 1.29 is 23.9 Å². The van der Waals surface area contributed by atoms with E-state index in [4.69, 9.17) is 4.74 Å². The number of rotatable bonds is 4. The van der Waals surface area contributed by atoms with Crippen LogP contribution in [0.1, 0.15) is 70.9 Å². The third-order valence-electron chi connectivity index (χ3n) is 7.95. The van der Waals surface area contributed by atoms with Crippen LogP contribution in [0, 0.1) is 11.8 Å².